The van der Waals surface area contributed by atoms with Gasteiger partial charge in [-0.3, -0.25) is 14.3 Å². The maximum atomic E-state index is 13.6. The van der Waals surface area contributed by atoms with Crippen LogP contribution in [0.4, 0.5) is 10.1 Å². The van der Waals surface area contributed by atoms with Gasteiger partial charge >= 0.3 is 0 Å². The molecule has 0 spiro atoms. The normalized spacial score (nSPS) is 13.4. The fourth-order valence-corrected chi connectivity index (χ4v) is 4.30. The highest BCUT2D eigenvalue weighted by Crippen LogP contribution is 2.34. The van der Waals surface area contributed by atoms with Crippen LogP contribution < -0.4 is 14.8 Å². The SMILES string of the molecule is CC(Sc1nnc(-c2ccncc2)n1-c1ccc(F)cc1)C(=O)Nc1ccc2c(c1)OCCO2. The van der Waals surface area contributed by atoms with Crippen LogP contribution in [0.15, 0.2) is 72.1 Å². The molecule has 2 aromatic heterocycles. The highest BCUT2D eigenvalue weighted by atomic mass is 32.2. The summed E-state index contributed by atoms with van der Waals surface area (Å²) in [4.78, 5) is 17.0. The Labute approximate surface area is 199 Å². The molecule has 1 aliphatic heterocycles. The van der Waals surface area contributed by atoms with E-state index in [1.807, 2.05) is 12.1 Å². The summed E-state index contributed by atoms with van der Waals surface area (Å²) in [5, 5.41) is 11.6. The van der Waals surface area contributed by atoms with Crippen molar-refractivity contribution in [1.82, 2.24) is 19.7 Å². The van der Waals surface area contributed by atoms with Crippen molar-refractivity contribution in [2.24, 2.45) is 0 Å². The zero-order valence-electron chi connectivity index (χ0n) is 18.1. The van der Waals surface area contributed by atoms with Gasteiger partial charge in [0.05, 0.1) is 5.25 Å². The van der Waals surface area contributed by atoms with E-state index in [4.69, 9.17) is 9.47 Å². The Kier molecular flexibility index (Phi) is 6.13. The van der Waals surface area contributed by atoms with Crippen LogP contribution in [0.25, 0.3) is 17.1 Å². The van der Waals surface area contributed by atoms with Crippen LogP contribution in [0.3, 0.4) is 0 Å². The first-order valence-electron chi connectivity index (χ1n) is 10.6. The van der Waals surface area contributed by atoms with Crippen LogP contribution in [0.2, 0.25) is 0 Å². The number of carbonyl (C=O) groups is 1. The van der Waals surface area contributed by atoms with Gasteiger partial charge in [0.2, 0.25) is 5.91 Å². The topological polar surface area (TPSA) is 91.2 Å². The monoisotopic (exact) mass is 477 g/mol. The van der Waals surface area contributed by atoms with Gasteiger partial charge in [-0.2, -0.15) is 0 Å². The molecule has 0 fully saturated rings. The molecule has 5 rings (SSSR count). The number of carbonyl (C=O) groups excluding carboxylic acids is 1. The first kappa shape index (κ1) is 21.9. The maximum Gasteiger partial charge on any atom is 0.237 e. The van der Waals surface area contributed by atoms with E-state index in [1.54, 1.807) is 54.2 Å². The van der Waals surface area contributed by atoms with Crippen molar-refractivity contribution in [1.29, 1.82) is 0 Å². The van der Waals surface area contributed by atoms with E-state index in [0.29, 0.717) is 47.1 Å². The predicted octanol–water partition coefficient (Wildman–Crippen LogP) is 4.36. The lowest BCUT2D eigenvalue weighted by atomic mass is 10.2. The molecule has 34 heavy (non-hydrogen) atoms. The van der Waals surface area contributed by atoms with Gasteiger partial charge in [-0.05, 0) is 55.5 Å². The Morgan fingerprint density at radius 3 is 2.53 bits per heavy atom. The Morgan fingerprint density at radius 2 is 1.76 bits per heavy atom. The number of aromatic nitrogens is 4. The second-order valence-electron chi connectivity index (χ2n) is 7.46. The first-order chi connectivity index (χ1) is 16.6. The molecule has 0 aliphatic carbocycles. The van der Waals surface area contributed by atoms with Gasteiger partial charge in [-0.1, -0.05) is 11.8 Å². The summed E-state index contributed by atoms with van der Waals surface area (Å²) in [5.41, 5.74) is 2.09. The van der Waals surface area contributed by atoms with Gasteiger partial charge in [-0.25, -0.2) is 4.39 Å². The average molecular weight is 478 g/mol. The standard InChI is InChI=1S/C24H20FN5O3S/c1-15(23(31)27-18-4-7-20-21(14-18)33-13-12-32-20)34-24-29-28-22(16-8-10-26-11-9-16)30(24)19-5-2-17(25)3-6-19/h2-11,14-15H,12-13H2,1H3,(H,27,31). The molecular formula is C24H20FN5O3S. The van der Waals surface area contributed by atoms with Crippen LogP contribution in [-0.2, 0) is 4.79 Å². The number of nitrogens with zero attached hydrogens (tertiary/aromatic N) is 4. The summed E-state index contributed by atoms with van der Waals surface area (Å²) in [6.45, 7) is 2.76. The Bertz CT molecular complexity index is 1310. The summed E-state index contributed by atoms with van der Waals surface area (Å²) < 4.78 is 26.5. The number of hydrogen-bond acceptors (Lipinski definition) is 7. The average Bonchev–Trinajstić information content (AvgIpc) is 3.28. The van der Waals surface area contributed by atoms with Crippen LogP contribution >= 0.6 is 11.8 Å². The molecule has 4 aromatic rings. The van der Waals surface area contributed by atoms with Gasteiger partial charge in [0.1, 0.15) is 19.0 Å². The number of hydrogen-bond donors (Lipinski definition) is 1. The summed E-state index contributed by atoms with van der Waals surface area (Å²) in [5.74, 6) is 1.27. The van der Waals surface area contributed by atoms with Gasteiger partial charge in [-0.15, -0.1) is 10.2 Å². The number of benzene rings is 2. The zero-order chi connectivity index (χ0) is 23.5. The van der Waals surface area contributed by atoms with Crippen molar-refractivity contribution in [2.75, 3.05) is 18.5 Å². The number of ether oxygens (including phenoxy) is 2. The number of pyridine rings is 1. The van der Waals surface area contributed by atoms with Crippen molar-refractivity contribution in [3.8, 4) is 28.6 Å². The van der Waals surface area contributed by atoms with E-state index in [-0.39, 0.29) is 11.7 Å². The molecule has 0 bridgehead atoms. The molecular weight excluding hydrogens is 457 g/mol. The molecule has 8 nitrogen and oxygen atoms in total. The Hall–Kier alpha value is -3.92. The van der Waals surface area contributed by atoms with Crippen molar-refractivity contribution in [3.63, 3.8) is 0 Å². The van der Waals surface area contributed by atoms with E-state index >= 15 is 0 Å². The van der Waals surface area contributed by atoms with Gasteiger partial charge in [0.15, 0.2) is 22.5 Å². The molecule has 1 unspecified atom stereocenters. The van der Waals surface area contributed by atoms with Crippen LogP contribution in [0.1, 0.15) is 6.92 Å². The van der Waals surface area contributed by atoms with E-state index in [0.717, 1.165) is 5.56 Å². The first-order valence-corrected chi connectivity index (χ1v) is 11.5. The fraction of sp³-hybridized carbons (Fsp3) is 0.167. The molecule has 3 heterocycles. The number of amides is 1. The number of anilines is 1. The molecule has 1 atom stereocenters. The van der Waals surface area contributed by atoms with Crippen LogP contribution in [0.5, 0.6) is 11.5 Å². The molecule has 0 saturated heterocycles. The van der Waals surface area contributed by atoms with Crippen LogP contribution in [-0.4, -0.2) is 44.1 Å². The summed E-state index contributed by atoms with van der Waals surface area (Å²) >= 11 is 1.25. The molecule has 2 aromatic carbocycles. The highest BCUT2D eigenvalue weighted by Gasteiger charge is 2.23. The van der Waals surface area contributed by atoms with E-state index in [1.165, 1.54) is 23.9 Å². The molecule has 10 heteroatoms. The Balaban J connectivity index is 1.39. The van der Waals surface area contributed by atoms with Gasteiger partial charge < -0.3 is 14.8 Å². The van der Waals surface area contributed by atoms with Gasteiger partial charge in [0, 0.05) is 35.4 Å². The minimum Gasteiger partial charge on any atom is -0.486 e. The molecule has 1 N–H and O–H groups in total. The van der Waals surface area contributed by atoms with E-state index in [2.05, 4.69) is 20.5 Å². The largest absolute Gasteiger partial charge is 0.486 e. The predicted molar refractivity (Wildman–Crippen MR) is 126 cm³/mol. The van der Waals surface area contributed by atoms with Gasteiger partial charge in [0.25, 0.3) is 0 Å². The number of rotatable bonds is 6. The fourth-order valence-electron chi connectivity index (χ4n) is 3.43. The van der Waals surface area contributed by atoms with Crippen LogP contribution in [0, 0.1) is 5.82 Å². The Morgan fingerprint density at radius 1 is 1.03 bits per heavy atom. The van der Waals surface area contributed by atoms with Crippen molar-refractivity contribution < 1.29 is 18.7 Å². The smallest absolute Gasteiger partial charge is 0.237 e. The second-order valence-corrected chi connectivity index (χ2v) is 8.77. The number of halogens is 1. The number of fused-ring (bicyclic) bond motifs is 1. The minimum atomic E-state index is -0.498. The summed E-state index contributed by atoms with van der Waals surface area (Å²) in [6.07, 6.45) is 3.32. The van der Waals surface area contributed by atoms with Crippen molar-refractivity contribution >= 4 is 23.4 Å². The lowest BCUT2D eigenvalue weighted by Gasteiger charge is -2.19. The van der Waals surface area contributed by atoms with E-state index in [9.17, 15) is 9.18 Å². The third-order valence-corrected chi connectivity index (χ3v) is 6.16. The quantitative estimate of drug-likeness (QED) is 0.413. The third-order valence-electron chi connectivity index (χ3n) is 5.12. The lowest BCUT2D eigenvalue weighted by molar-refractivity contribution is -0.115. The molecule has 172 valence electrons. The minimum absolute atomic E-state index is 0.208. The molecule has 1 amide bonds. The van der Waals surface area contributed by atoms with Crippen molar-refractivity contribution in [3.05, 3.63) is 72.8 Å². The summed E-state index contributed by atoms with van der Waals surface area (Å²) in [6, 6.07) is 15.0. The zero-order valence-corrected chi connectivity index (χ0v) is 19.0. The highest BCUT2D eigenvalue weighted by molar-refractivity contribution is 8.00. The number of thioether (sulfide) groups is 1. The second kappa shape index (κ2) is 9.52. The molecule has 0 saturated carbocycles. The maximum absolute atomic E-state index is 13.6. The van der Waals surface area contributed by atoms with E-state index < -0.39 is 5.25 Å². The number of nitrogens with one attached hydrogen (secondary N) is 1. The van der Waals surface area contributed by atoms with Crippen molar-refractivity contribution in [2.45, 2.75) is 17.3 Å². The molecule has 0 radical (unpaired) electrons. The summed E-state index contributed by atoms with van der Waals surface area (Å²) in [7, 11) is 0. The third kappa shape index (κ3) is 4.58. The lowest BCUT2D eigenvalue weighted by Crippen LogP contribution is -2.23. The molecule has 1 aliphatic rings.